The molecule has 2 aliphatic rings. The van der Waals surface area contributed by atoms with Crippen LogP contribution in [0.3, 0.4) is 0 Å². The van der Waals surface area contributed by atoms with Crippen molar-refractivity contribution in [3.63, 3.8) is 0 Å². The minimum Gasteiger partial charge on any atom is -0.508 e. The smallest absolute Gasteiger partial charge is 0.121 e. The number of hydrogen-bond donors (Lipinski definition) is 2. The quantitative estimate of drug-likeness (QED) is 0.679. The molecule has 3 aromatic rings. The molecular weight excluding hydrogens is 352 g/mol. The molecule has 1 saturated heterocycles. The minimum absolute atomic E-state index is 0.215. The largest absolute Gasteiger partial charge is 0.508 e. The Morgan fingerprint density at radius 1 is 1.00 bits per heavy atom. The van der Waals surface area contributed by atoms with Crippen molar-refractivity contribution in [2.75, 3.05) is 18.9 Å². The van der Waals surface area contributed by atoms with Crippen molar-refractivity contribution >= 4 is 16.6 Å². The lowest BCUT2D eigenvalue weighted by atomic mass is 9.92. The highest BCUT2D eigenvalue weighted by Gasteiger charge is 2.27. The number of nitrogens with two attached hydrogens (primary N) is 1. The molecule has 0 atom stereocenters. The predicted molar refractivity (Wildman–Crippen MR) is 111 cm³/mol. The molecule has 5 rings (SSSR count). The number of nitrogens with zero attached hydrogens (tertiary/aromatic N) is 1. The molecular formula is C23H26N2O3. The first-order valence-corrected chi connectivity index (χ1v) is 10.2. The van der Waals surface area contributed by atoms with Gasteiger partial charge in [-0.25, -0.2) is 0 Å². The van der Waals surface area contributed by atoms with Gasteiger partial charge in [0, 0.05) is 35.9 Å². The van der Waals surface area contributed by atoms with Crippen molar-refractivity contribution in [2.24, 2.45) is 0 Å². The summed E-state index contributed by atoms with van der Waals surface area (Å²) in [5.74, 6) is 1.16. The number of ether oxygens (including phenoxy) is 2. The number of aromatic nitrogens is 1. The SMILES string of the molecule is Nc1c(-c2ccc(O)cc2)n(C2CCC2)c2cc(OC3CCOCC3)ccc12. The second kappa shape index (κ2) is 7.06. The standard InChI is InChI=1S/C23H26N2O3/c24-22-20-9-8-19(28-18-10-12-27-13-11-18)14-21(20)25(16-2-1-3-16)23(22)15-4-6-17(26)7-5-15/h4-9,14,16,18,26H,1-3,10-13,24H2. The topological polar surface area (TPSA) is 69.6 Å². The fourth-order valence-corrected chi connectivity index (χ4v) is 4.31. The molecule has 0 radical (unpaired) electrons. The Morgan fingerprint density at radius 2 is 1.75 bits per heavy atom. The van der Waals surface area contributed by atoms with Crippen LogP contribution in [0.5, 0.6) is 11.5 Å². The number of fused-ring (bicyclic) bond motifs is 1. The number of aromatic hydroxyl groups is 1. The third-order valence-corrected chi connectivity index (χ3v) is 6.07. The Morgan fingerprint density at radius 3 is 2.43 bits per heavy atom. The lowest BCUT2D eigenvalue weighted by molar-refractivity contribution is 0.0256. The molecule has 28 heavy (non-hydrogen) atoms. The first kappa shape index (κ1) is 17.4. The van der Waals surface area contributed by atoms with Crippen molar-refractivity contribution in [3.8, 4) is 22.8 Å². The highest BCUT2D eigenvalue weighted by atomic mass is 16.5. The van der Waals surface area contributed by atoms with Gasteiger partial charge in [0.2, 0.25) is 0 Å². The van der Waals surface area contributed by atoms with Gasteiger partial charge in [-0.1, -0.05) is 0 Å². The van der Waals surface area contributed by atoms with Crippen LogP contribution in [0, 0.1) is 0 Å². The fourth-order valence-electron chi connectivity index (χ4n) is 4.31. The molecule has 5 heteroatoms. The second-order valence-electron chi connectivity index (χ2n) is 7.87. The van der Waals surface area contributed by atoms with Gasteiger partial charge in [-0.05, 0) is 55.7 Å². The average Bonchev–Trinajstić information content (AvgIpc) is 2.94. The van der Waals surface area contributed by atoms with E-state index in [0.717, 1.165) is 59.7 Å². The van der Waals surface area contributed by atoms with Crippen molar-refractivity contribution in [2.45, 2.75) is 44.2 Å². The van der Waals surface area contributed by atoms with Crippen LogP contribution in [-0.2, 0) is 4.74 Å². The molecule has 1 aliphatic carbocycles. The predicted octanol–water partition coefficient (Wildman–Crippen LogP) is 4.88. The van der Waals surface area contributed by atoms with E-state index in [1.807, 2.05) is 18.2 Å². The van der Waals surface area contributed by atoms with Crippen molar-refractivity contribution in [1.82, 2.24) is 4.57 Å². The number of hydrogen-bond acceptors (Lipinski definition) is 4. The zero-order valence-electron chi connectivity index (χ0n) is 15.9. The number of phenolic OH excluding ortho intramolecular Hbond substituents is 1. The molecule has 0 unspecified atom stereocenters. The summed E-state index contributed by atoms with van der Waals surface area (Å²) in [4.78, 5) is 0. The Hall–Kier alpha value is -2.66. The highest BCUT2D eigenvalue weighted by molar-refractivity contribution is 6.01. The van der Waals surface area contributed by atoms with Gasteiger partial charge in [0.25, 0.3) is 0 Å². The van der Waals surface area contributed by atoms with Gasteiger partial charge in [0.15, 0.2) is 0 Å². The van der Waals surface area contributed by atoms with E-state index in [2.05, 4.69) is 16.7 Å². The summed E-state index contributed by atoms with van der Waals surface area (Å²) >= 11 is 0. The van der Waals surface area contributed by atoms with Gasteiger partial charge in [0.05, 0.1) is 30.1 Å². The van der Waals surface area contributed by atoms with Crippen LogP contribution in [0.2, 0.25) is 0 Å². The molecule has 5 nitrogen and oxygen atoms in total. The molecule has 1 saturated carbocycles. The molecule has 2 fully saturated rings. The van der Waals surface area contributed by atoms with Gasteiger partial charge in [0.1, 0.15) is 17.6 Å². The zero-order valence-corrected chi connectivity index (χ0v) is 15.9. The lowest BCUT2D eigenvalue weighted by Crippen LogP contribution is -2.25. The van der Waals surface area contributed by atoms with Gasteiger partial charge >= 0.3 is 0 Å². The number of phenols is 1. The second-order valence-corrected chi connectivity index (χ2v) is 7.87. The summed E-state index contributed by atoms with van der Waals surface area (Å²) in [5, 5.41) is 10.7. The Kier molecular flexibility index (Phi) is 4.40. The molecule has 3 N–H and O–H groups in total. The van der Waals surface area contributed by atoms with E-state index in [0.29, 0.717) is 6.04 Å². The van der Waals surface area contributed by atoms with Crippen LogP contribution in [-0.4, -0.2) is 29.0 Å². The lowest BCUT2D eigenvalue weighted by Gasteiger charge is -2.30. The molecule has 146 valence electrons. The maximum atomic E-state index is 9.68. The van der Waals surface area contributed by atoms with E-state index in [4.69, 9.17) is 15.2 Å². The molecule has 0 amide bonds. The molecule has 1 aromatic heterocycles. The van der Waals surface area contributed by atoms with Crippen LogP contribution in [0.25, 0.3) is 22.2 Å². The summed E-state index contributed by atoms with van der Waals surface area (Å²) in [6, 6.07) is 14.0. The maximum Gasteiger partial charge on any atom is 0.121 e. The first-order valence-electron chi connectivity index (χ1n) is 10.2. The number of benzene rings is 2. The van der Waals surface area contributed by atoms with E-state index >= 15 is 0 Å². The Labute approximate surface area is 164 Å². The summed E-state index contributed by atoms with van der Waals surface area (Å²) in [5.41, 5.74) is 10.6. The van der Waals surface area contributed by atoms with Crippen molar-refractivity contribution in [3.05, 3.63) is 42.5 Å². The summed E-state index contributed by atoms with van der Waals surface area (Å²) in [7, 11) is 0. The summed E-state index contributed by atoms with van der Waals surface area (Å²) < 4.78 is 14.1. The van der Waals surface area contributed by atoms with Crippen LogP contribution in [0.1, 0.15) is 38.1 Å². The summed E-state index contributed by atoms with van der Waals surface area (Å²) in [6.07, 6.45) is 5.66. The fraction of sp³-hybridized carbons (Fsp3) is 0.391. The molecule has 0 spiro atoms. The molecule has 1 aliphatic heterocycles. The van der Waals surface area contributed by atoms with E-state index in [-0.39, 0.29) is 11.9 Å². The maximum absolute atomic E-state index is 9.68. The Balaban J connectivity index is 1.60. The van der Waals surface area contributed by atoms with Gasteiger partial charge < -0.3 is 24.9 Å². The average molecular weight is 378 g/mol. The zero-order chi connectivity index (χ0) is 19.1. The Bertz CT molecular complexity index is 983. The number of nitrogen functional groups attached to an aromatic ring is 1. The van der Waals surface area contributed by atoms with E-state index < -0.39 is 0 Å². The van der Waals surface area contributed by atoms with Gasteiger partial charge in [-0.3, -0.25) is 0 Å². The highest BCUT2D eigenvalue weighted by Crippen LogP contribution is 2.45. The molecule has 0 bridgehead atoms. The molecule has 2 heterocycles. The van der Waals surface area contributed by atoms with Crippen molar-refractivity contribution in [1.29, 1.82) is 0 Å². The third kappa shape index (κ3) is 3.00. The minimum atomic E-state index is 0.215. The van der Waals surface area contributed by atoms with Crippen LogP contribution < -0.4 is 10.5 Å². The van der Waals surface area contributed by atoms with E-state index in [9.17, 15) is 5.11 Å². The summed E-state index contributed by atoms with van der Waals surface area (Å²) in [6.45, 7) is 1.53. The number of anilines is 1. The van der Waals surface area contributed by atoms with Crippen LogP contribution >= 0.6 is 0 Å². The van der Waals surface area contributed by atoms with Crippen LogP contribution in [0.15, 0.2) is 42.5 Å². The van der Waals surface area contributed by atoms with Crippen molar-refractivity contribution < 1.29 is 14.6 Å². The first-order chi connectivity index (χ1) is 13.7. The van der Waals surface area contributed by atoms with E-state index in [1.165, 1.54) is 19.3 Å². The van der Waals surface area contributed by atoms with Gasteiger partial charge in [-0.2, -0.15) is 0 Å². The number of rotatable bonds is 4. The third-order valence-electron chi connectivity index (χ3n) is 6.07. The van der Waals surface area contributed by atoms with Crippen LogP contribution in [0.4, 0.5) is 5.69 Å². The van der Waals surface area contributed by atoms with E-state index in [1.54, 1.807) is 12.1 Å². The normalized spacial score (nSPS) is 18.3. The monoisotopic (exact) mass is 378 g/mol. The van der Waals surface area contributed by atoms with Gasteiger partial charge in [-0.15, -0.1) is 0 Å². The molecule has 2 aromatic carbocycles.